The van der Waals surface area contributed by atoms with Gasteiger partial charge < -0.3 is 10.1 Å². The molecule has 3 nitrogen and oxygen atoms in total. The van der Waals surface area contributed by atoms with Gasteiger partial charge in [0.25, 0.3) is 0 Å². The van der Waals surface area contributed by atoms with Gasteiger partial charge in [-0.2, -0.15) is 0 Å². The van der Waals surface area contributed by atoms with Crippen LogP contribution in [0.1, 0.15) is 33.6 Å². The van der Waals surface area contributed by atoms with E-state index in [9.17, 15) is 0 Å². The Bertz CT molecular complexity index is 176. The highest BCUT2D eigenvalue weighted by atomic mass is 16.5. The predicted octanol–water partition coefficient (Wildman–Crippen LogP) is 1.49. The first-order valence-electron chi connectivity index (χ1n) is 6.10. The largest absolute Gasteiger partial charge is 0.377 e. The molecule has 0 saturated carbocycles. The highest BCUT2D eigenvalue weighted by Gasteiger charge is 2.23. The third kappa shape index (κ3) is 4.49. The van der Waals surface area contributed by atoms with Gasteiger partial charge in [0.15, 0.2) is 0 Å². The van der Waals surface area contributed by atoms with E-state index in [1.807, 2.05) is 7.05 Å². The summed E-state index contributed by atoms with van der Waals surface area (Å²) in [5.74, 6) is 0. The Balaban J connectivity index is 2.34. The van der Waals surface area contributed by atoms with Crippen LogP contribution in [0, 0.1) is 0 Å². The minimum absolute atomic E-state index is 0.189. The molecular formula is C12H26N2O. The Morgan fingerprint density at radius 3 is 2.67 bits per heavy atom. The first kappa shape index (κ1) is 12.9. The monoisotopic (exact) mass is 214 g/mol. The van der Waals surface area contributed by atoms with Crippen LogP contribution >= 0.6 is 0 Å². The summed E-state index contributed by atoms with van der Waals surface area (Å²) in [5, 5.41) is 3.35. The molecule has 0 bridgehead atoms. The molecule has 0 amide bonds. The van der Waals surface area contributed by atoms with E-state index >= 15 is 0 Å². The number of nitrogens with zero attached hydrogens (tertiary/aromatic N) is 1. The third-order valence-corrected chi connectivity index (χ3v) is 3.23. The molecule has 0 aromatic carbocycles. The summed E-state index contributed by atoms with van der Waals surface area (Å²) in [4.78, 5) is 2.48. The van der Waals surface area contributed by atoms with E-state index in [-0.39, 0.29) is 5.54 Å². The van der Waals surface area contributed by atoms with E-state index < -0.39 is 0 Å². The van der Waals surface area contributed by atoms with Crippen molar-refractivity contribution < 1.29 is 4.74 Å². The zero-order valence-electron chi connectivity index (χ0n) is 10.7. The van der Waals surface area contributed by atoms with Crippen LogP contribution in [0.4, 0.5) is 0 Å². The molecule has 1 rings (SSSR count). The Hall–Kier alpha value is -0.120. The van der Waals surface area contributed by atoms with Gasteiger partial charge in [-0.3, -0.25) is 4.90 Å². The first-order valence-corrected chi connectivity index (χ1v) is 6.10. The number of hydrogen-bond acceptors (Lipinski definition) is 3. The molecule has 0 aliphatic carbocycles. The maximum Gasteiger partial charge on any atom is 0.0702 e. The molecule has 0 aromatic rings. The fourth-order valence-corrected chi connectivity index (χ4v) is 2.02. The van der Waals surface area contributed by atoms with Crippen molar-refractivity contribution in [2.45, 2.75) is 45.3 Å². The normalized spacial score (nSPS) is 22.6. The van der Waals surface area contributed by atoms with Crippen LogP contribution in [-0.4, -0.2) is 49.8 Å². The zero-order valence-corrected chi connectivity index (χ0v) is 10.7. The lowest BCUT2D eigenvalue weighted by Gasteiger charge is -2.33. The van der Waals surface area contributed by atoms with Crippen molar-refractivity contribution in [1.29, 1.82) is 0 Å². The van der Waals surface area contributed by atoms with Gasteiger partial charge in [0.1, 0.15) is 0 Å². The highest BCUT2D eigenvalue weighted by molar-refractivity contribution is 4.81. The maximum absolute atomic E-state index is 5.67. The zero-order chi connectivity index (χ0) is 11.3. The fraction of sp³-hybridized carbons (Fsp3) is 1.00. The van der Waals surface area contributed by atoms with E-state index in [1.165, 1.54) is 12.8 Å². The van der Waals surface area contributed by atoms with Gasteiger partial charge in [-0.05, 0) is 40.3 Å². The Morgan fingerprint density at radius 1 is 1.47 bits per heavy atom. The predicted molar refractivity (Wildman–Crippen MR) is 64.2 cm³/mol. The quantitative estimate of drug-likeness (QED) is 0.725. The van der Waals surface area contributed by atoms with Gasteiger partial charge in [0, 0.05) is 25.2 Å². The summed E-state index contributed by atoms with van der Waals surface area (Å²) >= 11 is 0. The Kier molecular flexibility index (Phi) is 5.03. The van der Waals surface area contributed by atoms with E-state index in [0.717, 1.165) is 26.2 Å². The smallest absolute Gasteiger partial charge is 0.0702 e. The minimum atomic E-state index is 0.189. The van der Waals surface area contributed by atoms with Gasteiger partial charge in [-0.25, -0.2) is 0 Å². The van der Waals surface area contributed by atoms with E-state index in [0.29, 0.717) is 6.10 Å². The van der Waals surface area contributed by atoms with Crippen LogP contribution in [0.3, 0.4) is 0 Å². The highest BCUT2D eigenvalue weighted by Crippen LogP contribution is 2.14. The van der Waals surface area contributed by atoms with Crippen molar-refractivity contribution in [3.05, 3.63) is 0 Å². The number of rotatable bonds is 6. The molecule has 1 N–H and O–H groups in total. The van der Waals surface area contributed by atoms with Gasteiger partial charge in [-0.1, -0.05) is 6.92 Å². The molecule has 1 saturated heterocycles. The van der Waals surface area contributed by atoms with Gasteiger partial charge in [-0.15, -0.1) is 0 Å². The van der Waals surface area contributed by atoms with Crippen LogP contribution in [0.15, 0.2) is 0 Å². The summed E-state index contributed by atoms with van der Waals surface area (Å²) in [5.41, 5.74) is 0.189. The fourth-order valence-electron chi connectivity index (χ4n) is 2.02. The molecule has 1 atom stereocenters. The molecule has 1 unspecified atom stereocenters. The third-order valence-electron chi connectivity index (χ3n) is 3.23. The SMILES string of the molecule is CCN(CC1CCCO1)CC(C)(C)NC. The Labute approximate surface area is 94.2 Å². The molecular weight excluding hydrogens is 188 g/mol. The summed E-state index contributed by atoms with van der Waals surface area (Å²) < 4.78 is 5.67. The molecule has 0 aromatic heterocycles. The van der Waals surface area contributed by atoms with Crippen LogP contribution in [0.2, 0.25) is 0 Å². The maximum atomic E-state index is 5.67. The van der Waals surface area contributed by atoms with Gasteiger partial charge >= 0.3 is 0 Å². The van der Waals surface area contributed by atoms with Crippen molar-refractivity contribution >= 4 is 0 Å². The second kappa shape index (κ2) is 5.83. The summed E-state index contributed by atoms with van der Waals surface area (Å²) in [7, 11) is 2.03. The average molecular weight is 214 g/mol. The van der Waals surface area contributed by atoms with E-state index in [4.69, 9.17) is 4.74 Å². The lowest BCUT2D eigenvalue weighted by molar-refractivity contribution is 0.0668. The topological polar surface area (TPSA) is 24.5 Å². The first-order chi connectivity index (χ1) is 7.07. The van der Waals surface area contributed by atoms with Crippen molar-refractivity contribution in [1.82, 2.24) is 10.2 Å². The molecule has 1 heterocycles. The van der Waals surface area contributed by atoms with E-state index in [1.54, 1.807) is 0 Å². The summed E-state index contributed by atoms with van der Waals surface area (Å²) in [6.45, 7) is 10.9. The van der Waals surface area contributed by atoms with Gasteiger partial charge in [0.2, 0.25) is 0 Å². The van der Waals surface area contributed by atoms with E-state index in [2.05, 4.69) is 31.0 Å². The van der Waals surface area contributed by atoms with Crippen molar-refractivity contribution in [3.63, 3.8) is 0 Å². The molecule has 1 aliphatic heterocycles. The van der Waals surface area contributed by atoms with Crippen LogP contribution in [-0.2, 0) is 4.74 Å². The van der Waals surface area contributed by atoms with Crippen LogP contribution in [0.5, 0.6) is 0 Å². The van der Waals surface area contributed by atoms with Crippen molar-refractivity contribution in [2.75, 3.05) is 33.3 Å². The van der Waals surface area contributed by atoms with Crippen molar-refractivity contribution in [2.24, 2.45) is 0 Å². The lowest BCUT2D eigenvalue weighted by atomic mass is 10.0. The van der Waals surface area contributed by atoms with Crippen LogP contribution in [0.25, 0.3) is 0 Å². The average Bonchev–Trinajstić information content (AvgIpc) is 2.69. The molecule has 90 valence electrons. The second-order valence-electron chi connectivity index (χ2n) is 5.10. The molecule has 1 aliphatic rings. The second-order valence-corrected chi connectivity index (χ2v) is 5.10. The number of ether oxygens (including phenoxy) is 1. The minimum Gasteiger partial charge on any atom is -0.377 e. The number of likely N-dealkylation sites (N-methyl/N-ethyl adjacent to an activating group) is 2. The van der Waals surface area contributed by atoms with Crippen LogP contribution < -0.4 is 5.32 Å². The van der Waals surface area contributed by atoms with Gasteiger partial charge in [0.05, 0.1) is 6.10 Å². The standard InChI is InChI=1S/C12H26N2O/c1-5-14(10-12(2,3)13-4)9-11-7-6-8-15-11/h11,13H,5-10H2,1-4H3. The molecule has 1 fully saturated rings. The summed E-state index contributed by atoms with van der Waals surface area (Å²) in [6, 6.07) is 0. The molecule has 0 radical (unpaired) electrons. The lowest BCUT2D eigenvalue weighted by Crippen LogP contribution is -2.49. The Morgan fingerprint density at radius 2 is 2.20 bits per heavy atom. The molecule has 3 heteroatoms. The van der Waals surface area contributed by atoms with Crippen molar-refractivity contribution in [3.8, 4) is 0 Å². The molecule has 15 heavy (non-hydrogen) atoms. The molecule has 0 spiro atoms. The summed E-state index contributed by atoms with van der Waals surface area (Å²) in [6.07, 6.45) is 2.94. The number of hydrogen-bond donors (Lipinski definition) is 1. The number of nitrogens with one attached hydrogen (secondary N) is 1.